The Labute approximate surface area is 157 Å². The summed E-state index contributed by atoms with van der Waals surface area (Å²) in [5.74, 6) is 0. The number of hydrogen-bond acceptors (Lipinski definition) is 1. The van der Waals surface area contributed by atoms with Crippen molar-refractivity contribution in [2.45, 2.75) is 51.1 Å². The van der Waals surface area contributed by atoms with Crippen LogP contribution in [0.15, 0.2) is 66.7 Å². The predicted octanol–water partition coefficient (Wildman–Crippen LogP) is 6.20. The number of nitrogens with zero attached hydrogens (tertiary/aromatic N) is 1. The summed E-state index contributed by atoms with van der Waals surface area (Å²) >= 11 is 0. The van der Waals surface area contributed by atoms with E-state index in [4.69, 9.17) is 0 Å². The van der Waals surface area contributed by atoms with Crippen LogP contribution in [0, 0.1) is 0 Å². The molecular formula is C25H29N. The van der Waals surface area contributed by atoms with E-state index >= 15 is 0 Å². The molecule has 1 aliphatic rings. The van der Waals surface area contributed by atoms with Gasteiger partial charge in [-0.1, -0.05) is 86.0 Å². The molecule has 1 nitrogen and oxygen atoms in total. The molecule has 0 aliphatic heterocycles. The summed E-state index contributed by atoms with van der Waals surface area (Å²) < 4.78 is 0. The Bertz CT molecular complexity index is 846. The molecular weight excluding hydrogens is 314 g/mol. The fraction of sp³-hybridized carbons (Fsp3) is 0.360. The van der Waals surface area contributed by atoms with Crippen molar-refractivity contribution in [1.29, 1.82) is 0 Å². The number of rotatable bonds is 5. The second-order valence-corrected chi connectivity index (χ2v) is 7.79. The molecule has 0 heterocycles. The van der Waals surface area contributed by atoms with Crippen LogP contribution >= 0.6 is 0 Å². The van der Waals surface area contributed by atoms with Crippen molar-refractivity contribution in [3.8, 4) is 0 Å². The molecule has 1 aliphatic carbocycles. The van der Waals surface area contributed by atoms with Gasteiger partial charge in [0.1, 0.15) is 0 Å². The van der Waals surface area contributed by atoms with Gasteiger partial charge in [0.05, 0.1) is 0 Å². The topological polar surface area (TPSA) is 3.24 Å². The SMILES string of the molecule is CN(Cc1c(Cc2ccccc2)ccc2ccccc12)C1CCCCC1. The second-order valence-electron chi connectivity index (χ2n) is 7.79. The minimum absolute atomic E-state index is 0.743. The van der Waals surface area contributed by atoms with Gasteiger partial charge < -0.3 is 0 Å². The lowest BCUT2D eigenvalue weighted by Gasteiger charge is -2.32. The Balaban J connectivity index is 1.68. The van der Waals surface area contributed by atoms with Gasteiger partial charge in [-0.15, -0.1) is 0 Å². The normalized spacial score (nSPS) is 15.6. The molecule has 134 valence electrons. The van der Waals surface area contributed by atoms with Gasteiger partial charge >= 0.3 is 0 Å². The maximum Gasteiger partial charge on any atom is 0.0242 e. The summed E-state index contributed by atoms with van der Waals surface area (Å²) in [6, 6.07) is 25.1. The van der Waals surface area contributed by atoms with Crippen LogP contribution in [0.5, 0.6) is 0 Å². The highest BCUT2D eigenvalue weighted by atomic mass is 15.1. The Morgan fingerprint density at radius 2 is 1.54 bits per heavy atom. The molecule has 0 unspecified atom stereocenters. The Hall–Kier alpha value is -2.12. The molecule has 1 heteroatoms. The Kier molecular flexibility index (Phi) is 5.36. The standard InChI is InChI=1S/C25H29N/c1-26(23-13-6-3-7-14-23)19-25-22(18-20-10-4-2-5-11-20)17-16-21-12-8-9-15-24(21)25/h2,4-5,8-12,15-17,23H,3,6-7,13-14,18-19H2,1H3. The zero-order chi connectivity index (χ0) is 17.8. The van der Waals surface area contributed by atoms with E-state index < -0.39 is 0 Å². The molecule has 0 saturated heterocycles. The largest absolute Gasteiger partial charge is 0.299 e. The quantitative estimate of drug-likeness (QED) is 0.533. The summed E-state index contributed by atoms with van der Waals surface area (Å²) in [4.78, 5) is 2.61. The highest BCUT2D eigenvalue weighted by Gasteiger charge is 2.20. The average molecular weight is 344 g/mol. The summed E-state index contributed by atoms with van der Waals surface area (Å²) in [7, 11) is 2.32. The smallest absolute Gasteiger partial charge is 0.0242 e. The molecule has 0 N–H and O–H groups in total. The van der Waals surface area contributed by atoms with Crippen molar-refractivity contribution in [1.82, 2.24) is 4.90 Å². The van der Waals surface area contributed by atoms with E-state index in [1.807, 2.05) is 0 Å². The van der Waals surface area contributed by atoms with Gasteiger partial charge in [0.15, 0.2) is 0 Å². The summed E-state index contributed by atoms with van der Waals surface area (Å²) in [6.07, 6.45) is 7.92. The number of fused-ring (bicyclic) bond motifs is 1. The minimum atomic E-state index is 0.743. The van der Waals surface area contributed by atoms with Crippen molar-refractivity contribution < 1.29 is 0 Å². The molecule has 3 aromatic rings. The minimum Gasteiger partial charge on any atom is -0.299 e. The third kappa shape index (κ3) is 3.83. The molecule has 0 spiro atoms. The van der Waals surface area contributed by atoms with Crippen molar-refractivity contribution in [3.05, 3.63) is 83.4 Å². The lowest BCUT2D eigenvalue weighted by molar-refractivity contribution is 0.185. The molecule has 4 rings (SSSR count). The first-order chi connectivity index (χ1) is 12.8. The lowest BCUT2D eigenvalue weighted by Crippen LogP contribution is -2.33. The fourth-order valence-electron chi connectivity index (χ4n) is 4.45. The van der Waals surface area contributed by atoms with Crippen molar-refractivity contribution in [3.63, 3.8) is 0 Å². The van der Waals surface area contributed by atoms with Gasteiger partial charge in [0.25, 0.3) is 0 Å². The van der Waals surface area contributed by atoms with E-state index in [0.717, 1.165) is 19.0 Å². The molecule has 0 radical (unpaired) electrons. The van der Waals surface area contributed by atoms with Gasteiger partial charge in [-0.2, -0.15) is 0 Å². The molecule has 1 fully saturated rings. The zero-order valence-corrected chi connectivity index (χ0v) is 15.8. The highest BCUT2D eigenvalue weighted by molar-refractivity contribution is 5.86. The van der Waals surface area contributed by atoms with Gasteiger partial charge in [0, 0.05) is 12.6 Å². The van der Waals surface area contributed by atoms with Crippen molar-refractivity contribution in [2.75, 3.05) is 7.05 Å². The van der Waals surface area contributed by atoms with Crippen molar-refractivity contribution in [2.24, 2.45) is 0 Å². The number of hydrogen-bond donors (Lipinski definition) is 0. The van der Waals surface area contributed by atoms with Gasteiger partial charge in [0.2, 0.25) is 0 Å². The summed E-state index contributed by atoms with van der Waals surface area (Å²) in [5.41, 5.74) is 4.38. The van der Waals surface area contributed by atoms with E-state index in [9.17, 15) is 0 Å². The maximum absolute atomic E-state index is 2.61. The first-order valence-corrected chi connectivity index (χ1v) is 10.0. The third-order valence-corrected chi connectivity index (χ3v) is 5.98. The third-order valence-electron chi connectivity index (χ3n) is 5.98. The Morgan fingerprint density at radius 3 is 2.35 bits per heavy atom. The van der Waals surface area contributed by atoms with Crippen LogP contribution in [0.3, 0.4) is 0 Å². The molecule has 1 saturated carbocycles. The van der Waals surface area contributed by atoms with Crippen LogP contribution in [0.1, 0.15) is 48.8 Å². The van der Waals surface area contributed by atoms with Crippen LogP contribution in [-0.2, 0) is 13.0 Å². The average Bonchev–Trinajstić information content (AvgIpc) is 2.71. The highest BCUT2D eigenvalue weighted by Crippen LogP contribution is 2.28. The first kappa shape index (κ1) is 17.3. The van der Waals surface area contributed by atoms with Crippen LogP contribution in [0.4, 0.5) is 0 Å². The molecule has 3 aromatic carbocycles. The van der Waals surface area contributed by atoms with Crippen LogP contribution in [0.2, 0.25) is 0 Å². The summed E-state index contributed by atoms with van der Waals surface area (Å²) in [6.45, 7) is 1.05. The fourth-order valence-corrected chi connectivity index (χ4v) is 4.45. The van der Waals surface area contributed by atoms with Gasteiger partial charge in [-0.25, -0.2) is 0 Å². The van der Waals surface area contributed by atoms with Gasteiger partial charge in [-0.05, 0) is 53.8 Å². The van der Waals surface area contributed by atoms with Crippen molar-refractivity contribution >= 4 is 10.8 Å². The lowest BCUT2D eigenvalue weighted by atomic mass is 9.91. The van der Waals surface area contributed by atoms with E-state index in [0.29, 0.717) is 0 Å². The van der Waals surface area contributed by atoms with E-state index in [1.54, 1.807) is 0 Å². The van der Waals surface area contributed by atoms with E-state index in [1.165, 1.54) is 59.6 Å². The molecule has 0 amide bonds. The Morgan fingerprint density at radius 1 is 0.808 bits per heavy atom. The molecule has 0 bridgehead atoms. The maximum atomic E-state index is 2.61. The van der Waals surface area contributed by atoms with Gasteiger partial charge in [-0.3, -0.25) is 4.90 Å². The predicted molar refractivity (Wildman–Crippen MR) is 112 cm³/mol. The first-order valence-electron chi connectivity index (χ1n) is 10.0. The monoisotopic (exact) mass is 343 g/mol. The van der Waals surface area contributed by atoms with Crippen LogP contribution < -0.4 is 0 Å². The van der Waals surface area contributed by atoms with E-state index in [-0.39, 0.29) is 0 Å². The zero-order valence-electron chi connectivity index (χ0n) is 15.8. The van der Waals surface area contributed by atoms with Crippen LogP contribution in [-0.4, -0.2) is 18.0 Å². The molecule has 0 aromatic heterocycles. The van der Waals surface area contributed by atoms with E-state index in [2.05, 4.69) is 78.7 Å². The molecule has 26 heavy (non-hydrogen) atoms. The molecule has 0 atom stereocenters. The second kappa shape index (κ2) is 8.05. The van der Waals surface area contributed by atoms with Crippen LogP contribution in [0.25, 0.3) is 10.8 Å². The summed E-state index contributed by atoms with van der Waals surface area (Å²) in [5, 5.41) is 2.78. The number of benzene rings is 3.